The molecule has 2 rings (SSSR count). The summed E-state index contributed by atoms with van der Waals surface area (Å²) in [6.07, 6.45) is -3.86. The molecule has 2 heterocycles. The first kappa shape index (κ1) is 15.7. The van der Waals surface area contributed by atoms with Crippen LogP contribution in [0.4, 0.5) is 13.2 Å². The van der Waals surface area contributed by atoms with Gasteiger partial charge in [0.1, 0.15) is 5.69 Å². The highest BCUT2D eigenvalue weighted by molar-refractivity contribution is 5.94. The van der Waals surface area contributed by atoms with E-state index >= 15 is 0 Å². The van der Waals surface area contributed by atoms with E-state index < -0.39 is 35.5 Å². The standard InChI is InChI=1S/C13H16F3N3O2/c1-19-6-4-9(10(20)7-19)18-12(21)11-8(13(14,15)16)3-2-5-17-11/h2-3,5,9-10,20H,4,6-7H2,1H3,(H,18,21). The van der Waals surface area contributed by atoms with Gasteiger partial charge in [0.05, 0.1) is 17.7 Å². The number of halogens is 3. The van der Waals surface area contributed by atoms with E-state index in [1.807, 2.05) is 11.9 Å². The summed E-state index contributed by atoms with van der Waals surface area (Å²) in [5.74, 6) is -0.920. The van der Waals surface area contributed by atoms with Gasteiger partial charge >= 0.3 is 6.18 Å². The molecule has 0 spiro atoms. The van der Waals surface area contributed by atoms with Gasteiger partial charge in [-0.25, -0.2) is 0 Å². The molecule has 1 aliphatic rings. The van der Waals surface area contributed by atoms with Gasteiger partial charge in [-0.3, -0.25) is 9.78 Å². The predicted octanol–water partition coefficient (Wildman–Crippen LogP) is 0.895. The molecule has 116 valence electrons. The summed E-state index contributed by atoms with van der Waals surface area (Å²) < 4.78 is 38.5. The van der Waals surface area contributed by atoms with Gasteiger partial charge < -0.3 is 15.3 Å². The average molecular weight is 303 g/mol. The second-order valence-electron chi connectivity index (χ2n) is 5.10. The molecule has 2 unspecified atom stereocenters. The van der Waals surface area contributed by atoms with Crippen LogP contribution in [0.1, 0.15) is 22.5 Å². The maximum atomic E-state index is 12.8. The van der Waals surface area contributed by atoms with Crippen molar-refractivity contribution in [2.45, 2.75) is 24.7 Å². The highest BCUT2D eigenvalue weighted by Gasteiger charge is 2.37. The number of carbonyl (C=O) groups is 1. The van der Waals surface area contributed by atoms with Crippen molar-refractivity contribution in [2.75, 3.05) is 20.1 Å². The third kappa shape index (κ3) is 3.70. The van der Waals surface area contributed by atoms with Crippen LogP contribution in [0.3, 0.4) is 0 Å². The molecule has 1 aliphatic heterocycles. The molecule has 8 heteroatoms. The summed E-state index contributed by atoms with van der Waals surface area (Å²) in [6.45, 7) is 1.01. The van der Waals surface area contributed by atoms with Gasteiger partial charge in [0.15, 0.2) is 0 Å². The third-order valence-electron chi connectivity index (χ3n) is 3.43. The molecule has 2 atom stereocenters. The average Bonchev–Trinajstić information content (AvgIpc) is 2.41. The summed E-state index contributed by atoms with van der Waals surface area (Å²) in [7, 11) is 1.82. The number of carbonyl (C=O) groups excluding carboxylic acids is 1. The van der Waals surface area contributed by atoms with E-state index in [-0.39, 0.29) is 0 Å². The van der Waals surface area contributed by atoms with E-state index in [9.17, 15) is 23.1 Å². The van der Waals surface area contributed by atoms with E-state index in [4.69, 9.17) is 0 Å². The minimum atomic E-state index is -4.65. The summed E-state index contributed by atoms with van der Waals surface area (Å²) in [4.78, 5) is 17.4. The lowest BCUT2D eigenvalue weighted by molar-refractivity contribution is -0.138. The Kier molecular flexibility index (Phi) is 4.48. The summed E-state index contributed by atoms with van der Waals surface area (Å²) >= 11 is 0. The second kappa shape index (κ2) is 5.98. The van der Waals surface area contributed by atoms with E-state index in [2.05, 4.69) is 10.3 Å². The van der Waals surface area contributed by atoms with Crippen molar-refractivity contribution in [1.29, 1.82) is 0 Å². The van der Waals surface area contributed by atoms with Gasteiger partial charge in [-0.05, 0) is 32.1 Å². The molecule has 0 aliphatic carbocycles. The zero-order valence-electron chi connectivity index (χ0n) is 11.4. The van der Waals surface area contributed by atoms with Crippen LogP contribution < -0.4 is 5.32 Å². The van der Waals surface area contributed by atoms with E-state index in [1.165, 1.54) is 0 Å². The Bertz CT molecular complexity index is 522. The summed E-state index contributed by atoms with van der Waals surface area (Å²) in [6, 6.07) is 1.37. The fourth-order valence-corrected chi connectivity index (χ4v) is 2.31. The Balaban J connectivity index is 2.14. The van der Waals surface area contributed by atoms with Gasteiger partial charge in [-0.2, -0.15) is 13.2 Å². The van der Waals surface area contributed by atoms with Crippen molar-refractivity contribution >= 4 is 5.91 Å². The fourth-order valence-electron chi connectivity index (χ4n) is 2.31. The van der Waals surface area contributed by atoms with Crippen molar-refractivity contribution in [3.05, 3.63) is 29.6 Å². The van der Waals surface area contributed by atoms with E-state index in [0.717, 1.165) is 18.3 Å². The summed E-state index contributed by atoms with van der Waals surface area (Å²) in [5, 5.41) is 12.3. The van der Waals surface area contributed by atoms with Gasteiger partial charge in [-0.1, -0.05) is 0 Å². The molecule has 0 aromatic carbocycles. The van der Waals surface area contributed by atoms with Crippen molar-refractivity contribution in [3.8, 4) is 0 Å². The molecule has 1 aromatic heterocycles. The zero-order valence-corrected chi connectivity index (χ0v) is 11.4. The molecule has 2 N–H and O–H groups in total. The highest BCUT2D eigenvalue weighted by atomic mass is 19.4. The van der Waals surface area contributed by atoms with Gasteiger partial charge in [0.2, 0.25) is 0 Å². The minimum absolute atomic E-state index is 0.360. The number of pyridine rings is 1. The number of hydrogen-bond acceptors (Lipinski definition) is 4. The Morgan fingerprint density at radius 3 is 2.86 bits per heavy atom. The summed E-state index contributed by atoms with van der Waals surface area (Å²) in [5.41, 5.74) is -1.75. The number of aliphatic hydroxyl groups is 1. The quantitative estimate of drug-likeness (QED) is 0.852. The number of likely N-dealkylation sites (tertiary alicyclic amines) is 1. The van der Waals surface area contributed by atoms with Crippen LogP contribution in [0.15, 0.2) is 18.3 Å². The zero-order chi connectivity index (χ0) is 15.6. The number of aliphatic hydroxyl groups excluding tert-OH is 1. The van der Waals surface area contributed by atoms with Crippen LogP contribution in [-0.2, 0) is 6.18 Å². The lowest BCUT2D eigenvalue weighted by atomic mass is 10.0. The topological polar surface area (TPSA) is 65.5 Å². The first-order valence-electron chi connectivity index (χ1n) is 6.48. The Labute approximate surface area is 119 Å². The number of nitrogens with zero attached hydrogens (tertiary/aromatic N) is 2. The molecule has 0 saturated carbocycles. The number of aromatic nitrogens is 1. The number of likely N-dealkylation sites (N-methyl/N-ethyl adjacent to an activating group) is 1. The van der Waals surface area contributed by atoms with Gasteiger partial charge in [-0.15, -0.1) is 0 Å². The SMILES string of the molecule is CN1CCC(NC(=O)c2ncccc2C(F)(F)F)C(O)C1. The normalized spacial score (nSPS) is 23.9. The third-order valence-corrected chi connectivity index (χ3v) is 3.43. The Hall–Kier alpha value is -1.67. The predicted molar refractivity (Wildman–Crippen MR) is 68.6 cm³/mol. The van der Waals surface area contributed by atoms with Crippen LogP contribution in [0, 0.1) is 0 Å². The molecular formula is C13H16F3N3O2. The van der Waals surface area contributed by atoms with Crippen LogP contribution in [0.2, 0.25) is 0 Å². The van der Waals surface area contributed by atoms with E-state index in [0.29, 0.717) is 19.5 Å². The lowest BCUT2D eigenvalue weighted by Crippen LogP contribution is -2.53. The van der Waals surface area contributed by atoms with Gasteiger partial charge in [0.25, 0.3) is 5.91 Å². The van der Waals surface area contributed by atoms with Gasteiger partial charge in [0, 0.05) is 12.7 Å². The molecule has 1 amide bonds. The number of nitrogens with one attached hydrogen (secondary N) is 1. The van der Waals surface area contributed by atoms with Crippen LogP contribution in [0.5, 0.6) is 0 Å². The Morgan fingerprint density at radius 2 is 2.24 bits per heavy atom. The number of hydrogen-bond donors (Lipinski definition) is 2. The maximum Gasteiger partial charge on any atom is 0.418 e. The molecular weight excluding hydrogens is 287 g/mol. The molecule has 0 bridgehead atoms. The molecule has 1 aromatic rings. The van der Waals surface area contributed by atoms with Crippen LogP contribution in [0.25, 0.3) is 0 Å². The number of alkyl halides is 3. The van der Waals surface area contributed by atoms with Crippen LogP contribution in [-0.4, -0.2) is 53.2 Å². The van der Waals surface area contributed by atoms with Crippen molar-refractivity contribution in [3.63, 3.8) is 0 Å². The minimum Gasteiger partial charge on any atom is -0.390 e. The first-order valence-corrected chi connectivity index (χ1v) is 6.48. The molecule has 5 nitrogen and oxygen atoms in total. The first-order chi connectivity index (χ1) is 9.79. The maximum absolute atomic E-state index is 12.8. The highest BCUT2D eigenvalue weighted by Crippen LogP contribution is 2.31. The number of rotatable bonds is 2. The van der Waals surface area contributed by atoms with Crippen molar-refractivity contribution in [2.24, 2.45) is 0 Å². The number of amides is 1. The second-order valence-corrected chi connectivity index (χ2v) is 5.10. The van der Waals surface area contributed by atoms with E-state index in [1.54, 1.807) is 0 Å². The van der Waals surface area contributed by atoms with Crippen molar-refractivity contribution in [1.82, 2.24) is 15.2 Å². The monoisotopic (exact) mass is 303 g/mol. The lowest BCUT2D eigenvalue weighted by Gasteiger charge is -2.34. The van der Waals surface area contributed by atoms with Crippen LogP contribution >= 0.6 is 0 Å². The molecule has 1 fully saturated rings. The number of piperidine rings is 1. The fraction of sp³-hybridized carbons (Fsp3) is 0.538. The smallest absolute Gasteiger partial charge is 0.390 e. The van der Waals surface area contributed by atoms with Crippen molar-refractivity contribution < 1.29 is 23.1 Å². The molecule has 0 radical (unpaired) electrons. The molecule has 21 heavy (non-hydrogen) atoms. The Morgan fingerprint density at radius 1 is 1.52 bits per heavy atom. The number of β-amino-alcohol motifs (C(OH)–C–C–N with tert-alkyl or cyclic N) is 1. The largest absolute Gasteiger partial charge is 0.418 e. The molecule has 1 saturated heterocycles.